The van der Waals surface area contributed by atoms with E-state index in [4.69, 9.17) is 4.74 Å². The van der Waals surface area contributed by atoms with Crippen LogP contribution >= 0.6 is 0 Å². The summed E-state index contributed by atoms with van der Waals surface area (Å²) in [6.45, 7) is 6.73. The molecule has 4 fully saturated rings. The number of aliphatic hydroxyl groups is 1. The molecule has 8 atom stereocenters. The quantitative estimate of drug-likeness (QED) is 0.688. The van der Waals surface area contributed by atoms with Gasteiger partial charge in [0.05, 0.1) is 12.0 Å². The molecule has 23 heavy (non-hydrogen) atoms. The minimum Gasteiger partial charge on any atom is -0.459 e. The smallest absolute Gasteiger partial charge is 0.309 e. The molecule has 130 valence electrons. The van der Waals surface area contributed by atoms with Crippen LogP contribution in [-0.4, -0.2) is 22.8 Å². The van der Waals surface area contributed by atoms with Gasteiger partial charge in [0.25, 0.3) is 0 Å². The van der Waals surface area contributed by atoms with Crippen molar-refractivity contribution >= 4 is 5.97 Å². The molecule has 1 saturated heterocycles. The van der Waals surface area contributed by atoms with Crippen LogP contribution in [0, 0.1) is 35.0 Å². The number of carbonyl (C=O) groups excluding carboxylic acids is 1. The monoisotopic (exact) mass is 320 g/mol. The Morgan fingerprint density at radius 3 is 2.61 bits per heavy atom. The number of hydrogen-bond acceptors (Lipinski definition) is 3. The van der Waals surface area contributed by atoms with E-state index >= 15 is 0 Å². The van der Waals surface area contributed by atoms with Crippen molar-refractivity contribution in [2.45, 2.75) is 83.8 Å². The highest BCUT2D eigenvalue weighted by Gasteiger charge is 2.59. The Morgan fingerprint density at radius 2 is 1.83 bits per heavy atom. The van der Waals surface area contributed by atoms with Crippen molar-refractivity contribution in [3.8, 4) is 0 Å². The summed E-state index contributed by atoms with van der Waals surface area (Å²) in [7, 11) is 0. The second-order valence-corrected chi connectivity index (χ2v) is 9.49. The molecule has 0 aromatic carbocycles. The predicted octanol–water partition coefficient (Wildman–Crippen LogP) is 3.93. The lowest BCUT2D eigenvalue weighted by atomic mass is 9.45. The third-order valence-corrected chi connectivity index (χ3v) is 8.31. The summed E-state index contributed by atoms with van der Waals surface area (Å²) in [5, 5.41) is 10.1. The van der Waals surface area contributed by atoms with E-state index in [2.05, 4.69) is 13.8 Å². The first-order valence-electron chi connectivity index (χ1n) is 9.74. The van der Waals surface area contributed by atoms with Crippen LogP contribution in [0.25, 0.3) is 0 Å². The van der Waals surface area contributed by atoms with Crippen molar-refractivity contribution in [3.05, 3.63) is 0 Å². The molecular formula is C20H32O3. The van der Waals surface area contributed by atoms with Crippen molar-refractivity contribution in [2.24, 2.45) is 35.0 Å². The maximum absolute atomic E-state index is 12.1. The van der Waals surface area contributed by atoms with Crippen LogP contribution in [0.5, 0.6) is 0 Å². The standard InChI is InChI=1S/C20H32O3/c1-12-10-17-15-5-4-13-11-14(21)6-8-19(13,2)16(15)7-9-20(17,3)23-18(12)22/h12-17,21H,4-11H2,1-3H3/t12-,13+,14+,15+,16+,17+,19-,20-/m0/s1. The average molecular weight is 320 g/mol. The Bertz CT molecular complexity index is 503. The van der Waals surface area contributed by atoms with Crippen LogP contribution in [-0.2, 0) is 9.53 Å². The van der Waals surface area contributed by atoms with Crippen LogP contribution in [0.1, 0.15) is 72.1 Å². The van der Waals surface area contributed by atoms with Crippen LogP contribution in [0.15, 0.2) is 0 Å². The molecule has 0 amide bonds. The summed E-state index contributed by atoms with van der Waals surface area (Å²) < 4.78 is 5.95. The van der Waals surface area contributed by atoms with E-state index in [0.29, 0.717) is 23.2 Å². The largest absolute Gasteiger partial charge is 0.459 e. The van der Waals surface area contributed by atoms with E-state index in [1.165, 1.54) is 25.7 Å². The molecule has 3 nitrogen and oxygen atoms in total. The number of ether oxygens (including phenoxy) is 1. The van der Waals surface area contributed by atoms with Crippen molar-refractivity contribution < 1.29 is 14.6 Å². The van der Waals surface area contributed by atoms with Gasteiger partial charge in [-0.3, -0.25) is 4.79 Å². The van der Waals surface area contributed by atoms with Crippen molar-refractivity contribution in [3.63, 3.8) is 0 Å². The number of aliphatic hydroxyl groups excluding tert-OH is 1. The normalized spacial score (nSPS) is 56.1. The highest BCUT2D eigenvalue weighted by Crippen LogP contribution is 2.63. The van der Waals surface area contributed by atoms with Gasteiger partial charge in [0, 0.05) is 5.92 Å². The molecule has 0 bridgehead atoms. The van der Waals surface area contributed by atoms with Gasteiger partial charge >= 0.3 is 5.97 Å². The molecule has 0 unspecified atom stereocenters. The molecule has 4 aliphatic rings. The summed E-state index contributed by atoms with van der Waals surface area (Å²) in [5.74, 6) is 2.78. The molecular weight excluding hydrogens is 288 g/mol. The summed E-state index contributed by atoms with van der Waals surface area (Å²) in [5.41, 5.74) is 0.177. The fraction of sp³-hybridized carbons (Fsp3) is 0.950. The summed E-state index contributed by atoms with van der Waals surface area (Å²) in [6, 6.07) is 0. The van der Waals surface area contributed by atoms with Gasteiger partial charge in [-0.25, -0.2) is 0 Å². The van der Waals surface area contributed by atoms with E-state index in [1.54, 1.807) is 0 Å². The number of rotatable bonds is 0. The Kier molecular flexibility index (Phi) is 3.61. The fourth-order valence-electron chi connectivity index (χ4n) is 6.88. The molecule has 0 spiro atoms. The molecule has 1 N–H and O–H groups in total. The number of esters is 1. The second kappa shape index (κ2) is 5.21. The number of fused-ring (bicyclic) bond motifs is 5. The summed E-state index contributed by atoms with van der Waals surface area (Å²) >= 11 is 0. The molecule has 1 aliphatic heterocycles. The maximum atomic E-state index is 12.1. The van der Waals surface area contributed by atoms with E-state index < -0.39 is 0 Å². The van der Waals surface area contributed by atoms with E-state index in [1.807, 2.05) is 6.92 Å². The number of hydrogen-bond donors (Lipinski definition) is 1. The summed E-state index contributed by atoms with van der Waals surface area (Å²) in [4.78, 5) is 12.1. The fourth-order valence-corrected chi connectivity index (χ4v) is 6.88. The first-order valence-corrected chi connectivity index (χ1v) is 9.74. The lowest BCUT2D eigenvalue weighted by Gasteiger charge is -2.62. The topological polar surface area (TPSA) is 46.5 Å². The predicted molar refractivity (Wildman–Crippen MR) is 88.7 cm³/mol. The second-order valence-electron chi connectivity index (χ2n) is 9.49. The van der Waals surface area contributed by atoms with E-state index in [-0.39, 0.29) is 23.6 Å². The first-order chi connectivity index (χ1) is 10.8. The van der Waals surface area contributed by atoms with Gasteiger partial charge in [0.1, 0.15) is 5.60 Å². The lowest BCUT2D eigenvalue weighted by Crippen LogP contribution is -2.59. The zero-order valence-corrected chi connectivity index (χ0v) is 14.9. The van der Waals surface area contributed by atoms with Crippen LogP contribution in [0.3, 0.4) is 0 Å². The summed E-state index contributed by atoms with van der Waals surface area (Å²) in [6.07, 6.45) is 8.85. The third-order valence-electron chi connectivity index (χ3n) is 8.31. The number of carbonyl (C=O) groups is 1. The zero-order valence-electron chi connectivity index (χ0n) is 14.9. The van der Waals surface area contributed by atoms with Gasteiger partial charge in [-0.1, -0.05) is 13.8 Å². The van der Waals surface area contributed by atoms with Crippen LogP contribution in [0.4, 0.5) is 0 Å². The molecule has 3 saturated carbocycles. The maximum Gasteiger partial charge on any atom is 0.309 e. The van der Waals surface area contributed by atoms with E-state index in [0.717, 1.165) is 31.6 Å². The highest BCUT2D eigenvalue weighted by atomic mass is 16.6. The lowest BCUT2D eigenvalue weighted by molar-refractivity contribution is -0.211. The minimum atomic E-state index is -0.220. The average Bonchev–Trinajstić information content (AvgIpc) is 2.49. The van der Waals surface area contributed by atoms with Crippen molar-refractivity contribution in [1.29, 1.82) is 0 Å². The molecule has 3 heteroatoms. The molecule has 0 aromatic rings. The molecule has 1 heterocycles. The molecule has 0 aromatic heterocycles. The minimum absolute atomic E-state index is 0.0166. The van der Waals surface area contributed by atoms with Gasteiger partial charge in [-0.2, -0.15) is 0 Å². The van der Waals surface area contributed by atoms with Gasteiger partial charge in [-0.05, 0) is 81.5 Å². The Hall–Kier alpha value is -0.570. The van der Waals surface area contributed by atoms with Crippen LogP contribution in [0.2, 0.25) is 0 Å². The Labute approximate surface area is 140 Å². The SMILES string of the molecule is C[C@H]1C[C@@H]2[C@@H]3CC[C@@H]4C[C@H](O)CC[C@]4(C)[C@@H]3CC[C@]2(C)OC1=O. The highest BCUT2D eigenvalue weighted by molar-refractivity contribution is 5.73. The van der Waals surface area contributed by atoms with Gasteiger partial charge in [-0.15, -0.1) is 0 Å². The van der Waals surface area contributed by atoms with Crippen molar-refractivity contribution in [2.75, 3.05) is 0 Å². The Morgan fingerprint density at radius 1 is 1.04 bits per heavy atom. The molecule has 4 rings (SSSR count). The van der Waals surface area contributed by atoms with Gasteiger partial charge in [0.2, 0.25) is 0 Å². The molecule has 3 aliphatic carbocycles. The molecule has 0 radical (unpaired) electrons. The zero-order chi connectivity index (χ0) is 16.4. The van der Waals surface area contributed by atoms with Gasteiger partial charge < -0.3 is 9.84 Å². The van der Waals surface area contributed by atoms with Crippen molar-refractivity contribution in [1.82, 2.24) is 0 Å². The van der Waals surface area contributed by atoms with Crippen LogP contribution < -0.4 is 0 Å². The first kappa shape index (κ1) is 15.9. The Balaban J connectivity index is 1.62. The van der Waals surface area contributed by atoms with Gasteiger partial charge in [0.15, 0.2) is 0 Å². The third kappa shape index (κ3) is 2.29. The van der Waals surface area contributed by atoms with E-state index in [9.17, 15) is 9.90 Å².